The predicted molar refractivity (Wildman–Crippen MR) is 104 cm³/mol. The van der Waals surface area contributed by atoms with E-state index in [0.29, 0.717) is 44.7 Å². The molecule has 0 atom stereocenters. The molecule has 0 spiro atoms. The maximum atomic E-state index is 12.4. The highest BCUT2D eigenvalue weighted by Crippen LogP contribution is 2.29. The highest BCUT2D eigenvalue weighted by Gasteiger charge is 2.10. The molecule has 1 N–H and O–H groups in total. The summed E-state index contributed by atoms with van der Waals surface area (Å²) in [5.41, 5.74) is 0.987. The average molecular weight is 380 g/mol. The summed E-state index contributed by atoms with van der Waals surface area (Å²) in [6.07, 6.45) is 1.58. The molecular formula is C20H14ClN3O3. The topological polar surface area (TPSA) is 77.1 Å². The zero-order valence-corrected chi connectivity index (χ0v) is 15.0. The van der Waals surface area contributed by atoms with Crippen molar-refractivity contribution in [2.24, 2.45) is 0 Å². The van der Waals surface area contributed by atoms with E-state index in [4.69, 9.17) is 21.1 Å². The van der Waals surface area contributed by atoms with Gasteiger partial charge in [0.25, 0.3) is 5.56 Å². The minimum absolute atomic E-state index is 0.251. The van der Waals surface area contributed by atoms with Crippen LogP contribution in [0.3, 0.4) is 0 Å². The fourth-order valence-electron chi connectivity index (χ4n) is 2.63. The number of halogens is 1. The Balaban J connectivity index is 1.73. The van der Waals surface area contributed by atoms with Crippen LogP contribution in [0.5, 0.6) is 17.4 Å². The molecule has 2 aromatic carbocycles. The second-order valence-electron chi connectivity index (χ2n) is 5.71. The van der Waals surface area contributed by atoms with Crippen LogP contribution in [0.25, 0.3) is 22.3 Å². The minimum Gasteiger partial charge on any atom is -0.497 e. The highest BCUT2D eigenvalue weighted by molar-refractivity contribution is 6.32. The average Bonchev–Trinajstić information content (AvgIpc) is 2.70. The normalized spacial score (nSPS) is 10.7. The van der Waals surface area contributed by atoms with E-state index >= 15 is 0 Å². The first-order chi connectivity index (χ1) is 13.1. The number of H-pyrrole nitrogens is 1. The van der Waals surface area contributed by atoms with Crippen LogP contribution < -0.4 is 15.0 Å². The number of hydrogen-bond donors (Lipinski definition) is 1. The van der Waals surface area contributed by atoms with E-state index in [1.807, 2.05) is 12.1 Å². The zero-order valence-electron chi connectivity index (χ0n) is 14.3. The number of pyridine rings is 1. The Bertz CT molecular complexity index is 1190. The van der Waals surface area contributed by atoms with E-state index in [9.17, 15) is 4.79 Å². The van der Waals surface area contributed by atoms with Crippen LogP contribution in [-0.2, 0) is 0 Å². The molecule has 0 radical (unpaired) electrons. The summed E-state index contributed by atoms with van der Waals surface area (Å²) >= 11 is 6.12. The Morgan fingerprint density at radius 1 is 1.07 bits per heavy atom. The van der Waals surface area contributed by atoms with Gasteiger partial charge in [0.2, 0.25) is 5.88 Å². The Hall–Kier alpha value is -3.38. The van der Waals surface area contributed by atoms with Crippen molar-refractivity contribution in [3.63, 3.8) is 0 Å². The van der Waals surface area contributed by atoms with Gasteiger partial charge >= 0.3 is 0 Å². The molecule has 2 aromatic heterocycles. The molecule has 0 bridgehead atoms. The van der Waals surface area contributed by atoms with Crippen molar-refractivity contribution < 1.29 is 9.47 Å². The number of nitrogens with one attached hydrogen (secondary N) is 1. The summed E-state index contributed by atoms with van der Waals surface area (Å²) < 4.78 is 10.9. The summed E-state index contributed by atoms with van der Waals surface area (Å²) in [4.78, 5) is 24.0. The smallest absolute Gasteiger partial charge is 0.259 e. The lowest BCUT2D eigenvalue weighted by molar-refractivity contribution is 0.415. The third-order valence-corrected chi connectivity index (χ3v) is 4.28. The summed E-state index contributed by atoms with van der Waals surface area (Å²) in [6.45, 7) is 0. The first-order valence-corrected chi connectivity index (χ1v) is 8.49. The lowest BCUT2D eigenvalue weighted by atomic mass is 10.2. The van der Waals surface area contributed by atoms with E-state index in [0.717, 1.165) is 0 Å². The maximum Gasteiger partial charge on any atom is 0.259 e. The number of ether oxygens (including phenoxy) is 2. The van der Waals surface area contributed by atoms with Gasteiger partial charge in [0.05, 0.1) is 23.0 Å². The first-order valence-electron chi connectivity index (χ1n) is 8.11. The van der Waals surface area contributed by atoms with Gasteiger partial charge in [-0.1, -0.05) is 23.7 Å². The van der Waals surface area contributed by atoms with Gasteiger partial charge in [-0.15, -0.1) is 0 Å². The summed E-state index contributed by atoms with van der Waals surface area (Å²) in [7, 11) is 1.55. The molecule has 0 saturated carbocycles. The Morgan fingerprint density at radius 3 is 2.74 bits per heavy atom. The molecule has 7 heteroatoms. The molecule has 0 amide bonds. The molecule has 2 heterocycles. The lowest BCUT2D eigenvalue weighted by Crippen LogP contribution is -2.09. The second kappa shape index (κ2) is 7.09. The van der Waals surface area contributed by atoms with Crippen molar-refractivity contribution in [1.82, 2.24) is 15.0 Å². The number of rotatable bonds is 4. The Morgan fingerprint density at radius 2 is 1.93 bits per heavy atom. The van der Waals surface area contributed by atoms with Gasteiger partial charge in [-0.25, -0.2) is 9.97 Å². The lowest BCUT2D eigenvalue weighted by Gasteiger charge is -2.08. The fraction of sp³-hybridized carbons (Fsp3) is 0.0500. The Labute approximate surface area is 159 Å². The third kappa shape index (κ3) is 3.47. The SMILES string of the molecule is COc1ccc2nc(-c3ccnc(Oc4ccccc4Cl)c3)[nH]c(=O)c2c1. The van der Waals surface area contributed by atoms with Crippen LogP contribution >= 0.6 is 11.6 Å². The van der Waals surface area contributed by atoms with Crippen molar-refractivity contribution in [2.45, 2.75) is 0 Å². The number of hydrogen-bond acceptors (Lipinski definition) is 5. The predicted octanol–water partition coefficient (Wildman–Crippen LogP) is 4.44. The van der Waals surface area contributed by atoms with Crippen LogP contribution in [0.15, 0.2) is 65.6 Å². The van der Waals surface area contributed by atoms with Crippen LogP contribution in [0.4, 0.5) is 0 Å². The summed E-state index contributed by atoms with van der Waals surface area (Å²) in [6, 6.07) is 15.7. The quantitative estimate of drug-likeness (QED) is 0.567. The third-order valence-electron chi connectivity index (χ3n) is 3.97. The molecule has 0 aliphatic carbocycles. The van der Waals surface area contributed by atoms with Gasteiger partial charge in [-0.2, -0.15) is 0 Å². The first kappa shape index (κ1) is 17.1. The maximum absolute atomic E-state index is 12.4. The number of benzene rings is 2. The number of nitrogens with zero attached hydrogens (tertiary/aromatic N) is 2. The molecule has 4 rings (SSSR count). The van der Waals surface area contributed by atoms with Crippen molar-refractivity contribution in [3.8, 4) is 28.8 Å². The molecular weight excluding hydrogens is 366 g/mol. The molecule has 27 heavy (non-hydrogen) atoms. The van der Waals surface area contributed by atoms with Crippen molar-refractivity contribution in [3.05, 3.63) is 76.2 Å². The largest absolute Gasteiger partial charge is 0.497 e. The number of methoxy groups -OCH3 is 1. The van der Waals surface area contributed by atoms with E-state index in [-0.39, 0.29) is 5.56 Å². The summed E-state index contributed by atoms with van der Waals surface area (Å²) in [5.74, 6) is 1.86. The number of para-hydroxylation sites is 1. The van der Waals surface area contributed by atoms with Crippen molar-refractivity contribution >= 4 is 22.5 Å². The minimum atomic E-state index is -0.251. The van der Waals surface area contributed by atoms with Gasteiger partial charge in [-0.05, 0) is 36.4 Å². The Kier molecular flexibility index (Phi) is 4.48. The second-order valence-corrected chi connectivity index (χ2v) is 6.12. The molecule has 0 saturated heterocycles. The van der Waals surface area contributed by atoms with Gasteiger partial charge in [0, 0.05) is 17.8 Å². The zero-order chi connectivity index (χ0) is 18.8. The van der Waals surface area contributed by atoms with Gasteiger partial charge < -0.3 is 14.5 Å². The van der Waals surface area contributed by atoms with Gasteiger partial charge in [0.1, 0.15) is 17.3 Å². The highest BCUT2D eigenvalue weighted by atomic mass is 35.5. The molecule has 4 aromatic rings. The van der Waals surface area contributed by atoms with E-state index in [1.165, 1.54) is 0 Å². The van der Waals surface area contributed by atoms with Crippen LogP contribution in [0.2, 0.25) is 5.02 Å². The molecule has 0 unspecified atom stereocenters. The van der Waals surface area contributed by atoms with Crippen molar-refractivity contribution in [1.29, 1.82) is 0 Å². The number of aromatic amines is 1. The monoisotopic (exact) mass is 379 g/mol. The van der Waals surface area contributed by atoms with Crippen molar-refractivity contribution in [2.75, 3.05) is 7.11 Å². The van der Waals surface area contributed by atoms with Gasteiger partial charge in [-0.3, -0.25) is 4.79 Å². The van der Waals surface area contributed by atoms with E-state index in [1.54, 1.807) is 55.8 Å². The van der Waals surface area contributed by atoms with Crippen LogP contribution in [0.1, 0.15) is 0 Å². The molecule has 0 aliphatic heterocycles. The molecule has 0 fully saturated rings. The number of aromatic nitrogens is 3. The van der Waals surface area contributed by atoms with Gasteiger partial charge in [0.15, 0.2) is 0 Å². The number of fused-ring (bicyclic) bond motifs is 1. The summed E-state index contributed by atoms with van der Waals surface area (Å²) in [5, 5.41) is 0.940. The van der Waals surface area contributed by atoms with Crippen LogP contribution in [-0.4, -0.2) is 22.1 Å². The molecule has 0 aliphatic rings. The van der Waals surface area contributed by atoms with E-state index in [2.05, 4.69) is 15.0 Å². The van der Waals surface area contributed by atoms with Crippen LogP contribution in [0, 0.1) is 0 Å². The fourth-order valence-corrected chi connectivity index (χ4v) is 2.81. The standard InChI is InChI=1S/C20H14ClN3O3/c1-26-13-6-7-16-14(11-13)20(25)24-19(23-16)12-8-9-22-18(10-12)27-17-5-3-2-4-15(17)21/h2-11H,1H3,(H,23,24,25). The molecule has 134 valence electrons. The van der Waals surface area contributed by atoms with E-state index < -0.39 is 0 Å². The molecule has 6 nitrogen and oxygen atoms in total.